The molecule has 186 valence electrons. The van der Waals surface area contributed by atoms with Gasteiger partial charge in [0.25, 0.3) is 0 Å². The second-order valence-corrected chi connectivity index (χ2v) is 9.36. The molecule has 0 aliphatic carbocycles. The van der Waals surface area contributed by atoms with Crippen molar-refractivity contribution >= 4 is 11.8 Å². The molecule has 3 aliphatic rings. The molecule has 0 bridgehead atoms. The average molecular weight is 479 g/mol. The standard InChI is InChI=1S/C26H34N6O3/c33-25(34)16-24(20-15-23(18-27-17-20)31-11-13-35-14-12-31)32-10-8-22(30-32)5-1-4-21-7-6-19-3-2-9-28-26(19)29-21/h6-8,10,15,18,24,27H,1-5,9,11-14,16-17H2,(H,28,29)(H,33,34). The number of allylic oxidation sites excluding steroid dienone is 1. The number of carboxylic acid groups (broad SMARTS) is 1. The van der Waals surface area contributed by atoms with Gasteiger partial charge in [0.05, 0.1) is 37.1 Å². The first-order chi connectivity index (χ1) is 17.2. The molecule has 1 unspecified atom stereocenters. The maximum Gasteiger partial charge on any atom is 0.305 e. The summed E-state index contributed by atoms with van der Waals surface area (Å²) in [5.74, 6) is 0.205. The molecule has 0 saturated carbocycles. The van der Waals surface area contributed by atoms with Gasteiger partial charge < -0.3 is 25.4 Å². The molecule has 0 amide bonds. The molecule has 5 heterocycles. The number of ether oxygens (including phenoxy) is 1. The molecule has 1 atom stereocenters. The molecule has 2 aromatic rings. The fraction of sp³-hybridized carbons (Fsp3) is 0.500. The third kappa shape index (κ3) is 5.85. The molecule has 9 nitrogen and oxygen atoms in total. The quantitative estimate of drug-likeness (QED) is 0.505. The van der Waals surface area contributed by atoms with Crippen LogP contribution in [-0.2, 0) is 28.8 Å². The Kier molecular flexibility index (Phi) is 7.32. The Bertz CT molecular complexity index is 1100. The first-order valence-electron chi connectivity index (χ1n) is 12.6. The Morgan fingerprint density at radius 2 is 2.03 bits per heavy atom. The number of carboxylic acids is 1. The topological polar surface area (TPSA) is 105 Å². The third-order valence-corrected chi connectivity index (χ3v) is 6.86. The van der Waals surface area contributed by atoms with Gasteiger partial charge in [0.15, 0.2) is 0 Å². The molecule has 1 fully saturated rings. The summed E-state index contributed by atoms with van der Waals surface area (Å²) >= 11 is 0. The molecule has 9 heteroatoms. The van der Waals surface area contributed by atoms with E-state index in [0.29, 0.717) is 19.8 Å². The number of aryl methyl sites for hydroxylation is 3. The lowest BCUT2D eigenvalue weighted by molar-refractivity contribution is -0.137. The van der Waals surface area contributed by atoms with E-state index >= 15 is 0 Å². The van der Waals surface area contributed by atoms with E-state index < -0.39 is 5.97 Å². The summed E-state index contributed by atoms with van der Waals surface area (Å²) in [6.07, 6.45) is 11.0. The number of hydrogen-bond acceptors (Lipinski definition) is 7. The summed E-state index contributed by atoms with van der Waals surface area (Å²) in [4.78, 5) is 18.8. The summed E-state index contributed by atoms with van der Waals surface area (Å²) in [6.45, 7) is 4.69. The van der Waals surface area contributed by atoms with E-state index in [2.05, 4.69) is 33.7 Å². The van der Waals surface area contributed by atoms with Crippen LogP contribution < -0.4 is 10.6 Å². The predicted molar refractivity (Wildman–Crippen MR) is 133 cm³/mol. The van der Waals surface area contributed by atoms with E-state index in [1.165, 1.54) is 5.56 Å². The number of hydrogen-bond donors (Lipinski definition) is 3. The zero-order valence-electron chi connectivity index (χ0n) is 20.1. The molecular formula is C26H34N6O3. The van der Waals surface area contributed by atoms with Crippen molar-refractivity contribution < 1.29 is 14.6 Å². The van der Waals surface area contributed by atoms with Crippen LogP contribution in [0, 0.1) is 0 Å². The molecule has 3 aliphatic heterocycles. The zero-order chi connectivity index (χ0) is 24.0. The van der Waals surface area contributed by atoms with Crippen molar-refractivity contribution in [2.75, 3.05) is 44.7 Å². The Morgan fingerprint density at radius 3 is 2.89 bits per heavy atom. The van der Waals surface area contributed by atoms with Crippen LogP contribution in [-0.4, -0.2) is 70.1 Å². The van der Waals surface area contributed by atoms with Crippen LogP contribution in [0.4, 0.5) is 5.82 Å². The maximum absolute atomic E-state index is 11.7. The van der Waals surface area contributed by atoms with Crippen LogP contribution in [0.25, 0.3) is 0 Å². The lowest BCUT2D eigenvalue weighted by Gasteiger charge is -2.32. The van der Waals surface area contributed by atoms with Crippen molar-refractivity contribution in [1.82, 2.24) is 25.0 Å². The van der Waals surface area contributed by atoms with Crippen molar-refractivity contribution in [3.63, 3.8) is 0 Å². The largest absolute Gasteiger partial charge is 0.481 e. The second-order valence-electron chi connectivity index (χ2n) is 9.36. The first kappa shape index (κ1) is 23.4. The van der Waals surface area contributed by atoms with Crippen LogP contribution in [0.2, 0.25) is 0 Å². The van der Waals surface area contributed by atoms with Crippen LogP contribution >= 0.6 is 0 Å². The van der Waals surface area contributed by atoms with Crippen molar-refractivity contribution in [3.8, 4) is 0 Å². The van der Waals surface area contributed by atoms with E-state index in [-0.39, 0.29) is 12.5 Å². The Balaban J connectivity index is 1.23. The lowest BCUT2D eigenvalue weighted by Crippen LogP contribution is -2.37. The molecule has 1 saturated heterocycles. The van der Waals surface area contributed by atoms with Gasteiger partial charge in [0, 0.05) is 44.3 Å². The predicted octanol–water partition coefficient (Wildman–Crippen LogP) is 2.53. The van der Waals surface area contributed by atoms with Gasteiger partial charge in [-0.1, -0.05) is 6.07 Å². The summed E-state index contributed by atoms with van der Waals surface area (Å²) in [7, 11) is 0. The van der Waals surface area contributed by atoms with Gasteiger partial charge in [-0.2, -0.15) is 5.10 Å². The molecule has 3 N–H and O–H groups in total. The van der Waals surface area contributed by atoms with Gasteiger partial charge >= 0.3 is 5.97 Å². The number of morpholine rings is 1. The summed E-state index contributed by atoms with van der Waals surface area (Å²) < 4.78 is 7.29. The van der Waals surface area contributed by atoms with E-state index in [1.54, 1.807) is 0 Å². The highest BCUT2D eigenvalue weighted by atomic mass is 16.5. The normalized spacial score (nSPS) is 18.6. The van der Waals surface area contributed by atoms with Crippen LogP contribution in [0.1, 0.15) is 42.3 Å². The third-order valence-electron chi connectivity index (χ3n) is 6.86. The summed E-state index contributed by atoms with van der Waals surface area (Å²) in [6, 6.07) is 6.01. The zero-order valence-corrected chi connectivity index (χ0v) is 20.1. The number of rotatable bonds is 9. The van der Waals surface area contributed by atoms with E-state index in [0.717, 1.165) is 80.2 Å². The number of dihydropyridines is 1. The molecule has 2 aromatic heterocycles. The summed E-state index contributed by atoms with van der Waals surface area (Å²) in [5, 5.41) is 21.1. The number of pyridine rings is 1. The van der Waals surface area contributed by atoms with Crippen molar-refractivity contribution in [2.24, 2.45) is 0 Å². The van der Waals surface area contributed by atoms with E-state index in [9.17, 15) is 9.90 Å². The number of anilines is 1. The molecule has 5 rings (SSSR count). The molecule has 35 heavy (non-hydrogen) atoms. The van der Waals surface area contributed by atoms with Gasteiger partial charge in [0.1, 0.15) is 5.82 Å². The second kappa shape index (κ2) is 10.9. The number of aromatic nitrogens is 3. The number of nitrogens with one attached hydrogen (secondary N) is 2. The SMILES string of the molecule is O=C(O)CC(C1=CC(N2CCOCC2)=CNC1)n1ccc(CCCc2ccc3c(n2)NCCC3)n1. The minimum atomic E-state index is -0.831. The van der Waals surface area contributed by atoms with Gasteiger partial charge in [-0.25, -0.2) is 4.98 Å². The number of carbonyl (C=O) groups is 1. The van der Waals surface area contributed by atoms with Crippen molar-refractivity contribution in [2.45, 2.75) is 44.6 Å². The minimum absolute atomic E-state index is 0.00291. The minimum Gasteiger partial charge on any atom is -0.481 e. The van der Waals surface area contributed by atoms with Crippen LogP contribution in [0.15, 0.2) is 47.9 Å². The highest BCUT2D eigenvalue weighted by Crippen LogP contribution is 2.26. The number of fused-ring (bicyclic) bond motifs is 1. The van der Waals surface area contributed by atoms with Gasteiger partial charge in [0.2, 0.25) is 0 Å². The smallest absolute Gasteiger partial charge is 0.305 e. The maximum atomic E-state index is 11.7. The first-order valence-corrected chi connectivity index (χ1v) is 12.6. The number of aliphatic carboxylic acids is 1. The molecule has 0 spiro atoms. The Hall–Kier alpha value is -3.33. The van der Waals surface area contributed by atoms with Crippen LogP contribution in [0.5, 0.6) is 0 Å². The number of nitrogens with zero attached hydrogens (tertiary/aromatic N) is 4. The Morgan fingerprint density at radius 1 is 1.17 bits per heavy atom. The molecule has 0 aromatic carbocycles. The lowest BCUT2D eigenvalue weighted by atomic mass is 10.0. The van der Waals surface area contributed by atoms with Crippen molar-refractivity contribution in [3.05, 3.63) is 64.9 Å². The highest BCUT2D eigenvalue weighted by Gasteiger charge is 2.24. The fourth-order valence-electron chi connectivity index (χ4n) is 4.98. The van der Waals surface area contributed by atoms with E-state index in [1.807, 2.05) is 23.1 Å². The van der Waals surface area contributed by atoms with Gasteiger partial charge in [-0.3, -0.25) is 9.48 Å². The highest BCUT2D eigenvalue weighted by molar-refractivity contribution is 5.68. The van der Waals surface area contributed by atoms with E-state index in [4.69, 9.17) is 14.8 Å². The fourth-order valence-corrected chi connectivity index (χ4v) is 4.98. The van der Waals surface area contributed by atoms with Gasteiger partial charge in [-0.15, -0.1) is 0 Å². The average Bonchev–Trinajstić information content (AvgIpc) is 3.36. The van der Waals surface area contributed by atoms with Crippen LogP contribution in [0.3, 0.4) is 0 Å². The monoisotopic (exact) mass is 478 g/mol. The van der Waals surface area contributed by atoms with Gasteiger partial charge in [-0.05, 0) is 61.4 Å². The van der Waals surface area contributed by atoms with Crippen molar-refractivity contribution in [1.29, 1.82) is 0 Å². The summed E-state index contributed by atoms with van der Waals surface area (Å²) in [5.41, 5.74) is 5.48. The molecular weight excluding hydrogens is 444 g/mol. The molecule has 0 radical (unpaired) electrons. The Labute approximate surface area is 205 Å².